The molecule has 0 aliphatic heterocycles. The van der Waals surface area contributed by atoms with Gasteiger partial charge in [-0.1, -0.05) is 12.1 Å². The van der Waals surface area contributed by atoms with E-state index in [9.17, 15) is 9.59 Å². The molecule has 2 amide bonds. The number of rotatable bonds is 7. The maximum absolute atomic E-state index is 12.4. The van der Waals surface area contributed by atoms with Crippen molar-refractivity contribution in [1.29, 1.82) is 0 Å². The number of carbonyl (C=O) groups excluding carboxylic acids is 2. The molecule has 0 saturated heterocycles. The molecule has 0 radical (unpaired) electrons. The van der Waals surface area contributed by atoms with Gasteiger partial charge in [-0.2, -0.15) is 5.10 Å². The molecule has 2 aromatic carbocycles. The Bertz CT molecular complexity index is 906. The first-order valence-corrected chi connectivity index (χ1v) is 8.30. The van der Waals surface area contributed by atoms with E-state index in [1.807, 2.05) is 31.2 Å². The standard InChI is InChI=1S/C19H19N5O3/c1-13(14-2-6-16(7-3-14)24-12-21-11-22-24)23-19(26)15-4-8-17(9-5-15)27-10-18(20)25/h2-9,11-13H,10H2,1H3,(H2,20,25)(H,23,26). The van der Waals surface area contributed by atoms with Gasteiger partial charge in [0, 0.05) is 5.56 Å². The van der Waals surface area contributed by atoms with E-state index in [1.165, 1.54) is 6.33 Å². The molecule has 0 aliphatic rings. The van der Waals surface area contributed by atoms with E-state index in [1.54, 1.807) is 35.3 Å². The van der Waals surface area contributed by atoms with Crippen LogP contribution in [0.15, 0.2) is 61.2 Å². The van der Waals surface area contributed by atoms with E-state index >= 15 is 0 Å². The summed E-state index contributed by atoms with van der Waals surface area (Å²) in [6, 6.07) is 14.0. The van der Waals surface area contributed by atoms with Crippen molar-refractivity contribution in [2.45, 2.75) is 13.0 Å². The number of hydrogen-bond donors (Lipinski definition) is 2. The van der Waals surface area contributed by atoms with Gasteiger partial charge < -0.3 is 15.8 Å². The van der Waals surface area contributed by atoms with Gasteiger partial charge in [0.05, 0.1) is 11.7 Å². The summed E-state index contributed by atoms with van der Waals surface area (Å²) in [4.78, 5) is 27.0. The third-order valence-electron chi connectivity index (χ3n) is 3.92. The molecule has 8 nitrogen and oxygen atoms in total. The SMILES string of the molecule is CC(NC(=O)c1ccc(OCC(N)=O)cc1)c1ccc(-n2cncn2)cc1. The third kappa shape index (κ3) is 4.69. The van der Waals surface area contributed by atoms with Crippen LogP contribution in [0.25, 0.3) is 5.69 Å². The molecule has 1 unspecified atom stereocenters. The monoisotopic (exact) mass is 365 g/mol. The predicted molar refractivity (Wildman–Crippen MR) is 98.4 cm³/mol. The first-order chi connectivity index (χ1) is 13.0. The second-order valence-electron chi connectivity index (χ2n) is 5.91. The van der Waals surface area contributed by atoms with Crippen molar-refractivity contribution in [3.8, 4) is 11.4 Å². The Labute approximate surface area is 156 Å². The molecule has 0 bridgehead atoms. The second-order valence-corrected chi connectivity index (χ2v) is 5.91. The summed E-state index contributed by atoms with van der Waals surface area (Å²) >= 11 is 0. The maximum atomic E-state index is 12.4. The van der Waals surface area contributed by atoms with E-state index in [2.05, 4.69) is 15.4 Å². The number of hydrogen-bond acceptors (Lipinski definition) is 5. The molecule has 1 heterocycles. The number of amides is 2. The lowest BCUT2D eigenvalue weighted by atomic mass is 10.1. The highest BCUT2D eigenvalue weighted by molar-refractivity contribution is 5.94. The van der Waals surface area contributed by atoms with Crippen LogP contribution in [0.2, 0.25) is 0 Å². The fraction of sp³-hybridized carbons (Fsp3) is 0.158. The summed E-state index contributed by atoms with van der Waals surface area (Å²) in [6.07, 6.45) is 3.10. The Kier molecular flexibility index (Phi) is 5.46. The van der Waals surface area contributed by atoms with E-state index in [-0.39, 0.29) is 18.6 Å². The van der Waals surface area contributed by atoms with Crippen molar-refractivity contribution < 1.29 is 14.3 Å². The lowest BCUT2D eigenvalue weighted by Gasteiger charge is -2.15. The summed E-state index contributed by atoms with van der Waals surface area (Å²) in [5, 5.41) is 7.03. The molecule has 3 aromatic rings. The number of primary amides is 1. The molecule has 0 fully saturated rings. The number of ether oxygens (including phenoxy) is 1. The van der Waals surface area contributed by atoms with Crippen LogP contribution in [0.3, 0.4) is 0 Å². The highest BCUT2D eigenvalue weighted by atomic mass is 16.5. The smallest absolute Gasteiger partial charge is 0.255 e. The van der Waals surface area contributed by atoms with Crippen LogP contribution >= 0.6 is 0 Å². The van der Waals surface area contributed by atoms with Crippen molar-refractivity contribution in [2.24, 2.45) is 5.73 Å². The van der Waals surface area contributed by atoms with E-state index in [0.717, 1.165) is 11.3 Å². The highest BCUT2D eigenvalue weighted by Gasteiger charge is 2.12. The van der Waals surface area contributed by atoms with Crippen LogP contribution in [-0.4, -0.2) is 33.2 Å². The quantitative estimate of drug-likeness (QED) is 0.661. The van der Waals surface area contributed by atoms with Crippen molar-refractivity contribution >= 4 is 11.8 Å². The lowest BCUT2D eigenvalue weighted by Crippen LogP contribution is -2.26. The van der Waals surface area contributed by atoms with Crippen LogP contribution in [0.5, 0.6) is 5.75 Å². The van der Waals surface area contributed by atoms with Gasteiger partial charge in [0.1, 0.15) is 18.4 Å². The molecule has 0 aliphatic carbocycles. The molecule has 3 N–H and O–H groups in total. The van der Waals surface area contributed by atoms with Crippen molar-refractivity contribution in [1.82, 2.24) is 20.1 Å². The molecule has 138 valence electrons. The van der Waals surface area contributed by atoms with E-state index in [4.69, 9.17) is 10.5 Å². The molecule has 27 heavy (non-hydrogen) atoms. The summed E-state index contributed by atoms with van der Waals surface area (Å²) in [5.74, 6) is -0.285. The predicted octanol–water partition coefficient (Wildman–Crippen LogP) is 1.62. The molecular weight excluding hydrogens is 346 g/mol. The Balaban J connectivity index is 1.60. The molecular formula is C19H19N5O3. The Morgan fingerprint density at radius 3 is 2.44 bits per heavy atom. The summed E-state index contributed by atoms with van der Waals surface area (Å²) < 4.78 is 6.84. The lowest BCUT2D eigenvalue weighted by molar-refractivity contribution is -0.119. The number of nitrogens with two attached hydrogens (primary N) is 1. The minimum absolute atomic E-state index is 0.173. The van der Waals surface area contributed by atoms with Crippen molar-refractivity contribution in [3.05, 3.63) is 72.3 Å². The van der Waals surface area contributed by atoms with Crippen LogP contribution < -0.4 is 15.8 Å². The molecule has 3 rings (SSSR count). The topological polar surface area (TPSA) is 112 Å². The third-order valence-corrected chi connectivity index (χ3v) is 3.92. The average molecular weight is 365 g/mol. The van der Waals surface area contributed by atoms with Crippen LogP contribution in [0.1, 0.15) is 28.9 Å². The van der Waals surface area contributed by atoms with Crippen LogP contribution in [0, 0.1) is 0 Å². The average Bonchev–Trinajstić information content (AvgIpc) is 3.21. The summed E-state index contributed by atoms with van der Waals surface area (Å²) in [7, 11) is 0. The minimum Gasteiger partial charge on any atom is -0.484 e. The molecule has 0 saturated carbocycles. The van der Waals surface area contributed by atoms with Gasteiger partial charge in [-0.25, -0.2) is 9.67 Å². The van der Waals surface area contributed by atoms with Gasteiger partial charge in [0.2, 0.25) is 0 Å². The van der Waals surface area contributed by atoms with Gasteiger partial charge in [0.15, 0.2) is 6.61 Å². The van der Waals surface area contributed by atoms with E-state index in [0.29, 0.717) is 11.3 Å². The number of nitrogens with zero attached hydrogens (tertiary/aromatic N) is 3. The van der Waals surface area contributed by atoms with Gasteiger partial charge in [-0.3, -0.25) is 9.59 Å². The Morgan fingerprint density at radius 1 is 1.15 bits per heavy atom. The molecule has 1 atom stereocenters. The fourth-order valence-corrected chi connectivity index (χ4v) is 2.48. The number of carbonyl (C=O) groups is 2. The van der Waals surface area contributed by atoms with Crippen LogP contribution in [0.4, 0.5) is 0 Å². The maximum Gasteiger partial charge on any atom is 0.255 e. The Morgan fingerprint density at radius 2 is 1.85 bits per heavy atom. The van der Waals surface area contributed by atoms with Gasteiger partial charge >= 0.3 is 0 Å². The summed E-state index contributed by atoms with van der Waals surface area (Å²) in [6.45, 7) is 1.71. The summed E-state index contributed by atoms with van der Waals surface area (Å²) in [5.41, 5.74) is 7.38. The first kappa shape index (κ1) is 18.1. The molecule has 0 spiro atoms. The van der Waals surface area contributed by atoms with Crippen molar-refractivity contribution in [2.75, 3.05) is 6.61 Å². The van der Waals surface area contributed by atoms with Crippen molar-refractivity contribution in [3.63, 3.8) is 0 Å². The second kappa shape index (κ2) is 8.13. The number of benzene rings is 2. The van der Waals surface area contributed by atoms with Gasteiger partial charge in [0.25, 0.3) is 11.8 Å². The van der Waals surface area contributed by atoms with E-state index < -0.39 is 5.91 Å². The zero-order chi connectivity index (χ0) is 19.2. The zero-order valence-electron chi connectivity index (χ0n) is 14.7. The fourth-order valence-electron chi connectivity index (χ4n) is 2.48. The number of aromatic nitrogens is 3. The van der Waals surface area contributed by atoms with Gasteiger partial charge in [-0.15, -0.1) is 0 Å². The Hall–Kier alpha value is -3.68. The molecule has 1 aromatic heterocycles. The normalized spacial score (nSPS) is 11.6. The number of nitrogens with one attached hydrogen (secondary N) is 1. The molecule has 8 heteroatoms. The first-order valence-electron chi connectivity index (χ1n) is 8.30. The zero-order valence-corrected chi connectivity index (χ0v) is 14.7. The highest BCUT2D eigenvalue weighted by Crippen LogP contribution is 2.17. The minimum atomic E-state index is -0.555. The van der Waals surface area contributed by atoms with Gasteiger partial charge in [-0.05, 0) is 48.9 Å². The largest absolute Gasteiger partial charge is 0.484 e. The van der Waals surface area contributed by atoms with Crippen LogP contribution in [-0.2, 0) is 4.79 Å².